The number of halogens is 2. The average molecular weight is 313 g/mol. The van der Waals surface area contributed by atoms with Crippen LogP contribution in [0, 0.1) is 5.82 Å². The number of rotatable bonds is 3. The van der Waals surface area contributed by atoms with E-state index in [0.29, 0.717) is 11.3 Å². The van der Waals surface area contributed by atoms with Crippen LogP contribution < -0.4 is 5.32 Å². The van der Waals surface area contributed by atoms with E-state index in [1.54, 1.807) is 12.3 Å². The molecule has 0 amide bonds. The summed E-state index contributed by atoms with van der Waals surface area (Å²) in [6, 6.07) is 7.43. The molecule has 114 valence electrons. The van der Waals surface area contributed by atoms with Gasteiger partial charge in [-0.25, -0.2) is 4.39 Å². The zero-order chi connectivity index (χ0) is 13.9. The number of furan rings is 1. The largest absolute Gasteiger partial charge is 0.508 e. The van der Waals surface area contributed by atoms with Gasteiger partial charge in [0.25, 0.3) is 0 Å². The Hall–Kier alpha value is -1.56. The molecular formula is C15H18ClFN2O2. The SMILES string of the molecule is Cl.Oc1ccc(F)cc1[C@@H](c1ccco1)N1CCNCC1. The number of piperazine rings is 1. The molecule has 1 aromatic heterocycles. The molecule has 0 radical (unpaired) electrons. The van der Waals surface area contributed by atoms with Crippen LogP contribution >= 0.6 is 12.4 Å². The quantitative estimate of drug-likeness (QED) is 0.914. The summed E-state index contributed by atoms with van der Waals surface area (Å²) < 4.78 is 19.0. The molecule has 1 aromatic carbocycles. The van der Waals surface area contributed by atoms with Crippen molar-refractivity contribution in [1.29, 1.82) is 0 Å². The van der Waals surface area contributed by atoms with Crippen LogP contribution in [0.4, 0.5) is 4.39 Å². The van der Waals surface area contributed by atoms with Crippen molar-refractivity contribution in [2.75, 3.05) is 26.2 Å². The highest BCUT2D eigenvalue weighted by atomic mass is 35.5. The van der Waals surface area contributed by atoms with Gasteiger partial charge in [0.05, 0.1) is 12.3 Å². The molecule has 3 rings (SSSR count). The summed E-state index contributed by atoms with van der Waals surface area (Å²) in [4.78, 5) is 2.18. The van der Waals surface area contributed by atoms with Gasteiger partial charge in [0.1, 0.15) is 17.3 Å². The Balaban J connectivity index is 0.00000161. The van der Waals surface area contributed by atoms with Crippen molar-refractivity contribution in [3.05, 3.63) is 53.7 Å². The Morgan fingerprint density at radius 3 is 2.67 bits per heavy atom. The van der Waals surface area contributed by atoms with E-state index in [0.717, 1.165) is 26.2 Å². The summed E-state index contributed by atoms with van der Waals surface area (Å²) in [5.74, 6) is 0.448. The average Bonchev–Trinajstić information content (AvgIpc) is 2.98. The Kier molecular flexibility index (Phi) is 5.22. The smallest absolute Gasteiger partial charge is 0.125 e. The van der Waals surface area contributed by atoms with Gasteiger partial charge in [0.2, 0.25) is 0 Å². The van der Waals surface area contributed by atoms with E-state index >= 15 is 0 Å². The first-order chi connectivity index (χ1) is 9.75. The summed E-state index contributed by atoms with van der Waals surface area (Å²) in [7, 11) is 0. The number of phenolic OH excluding ortho intramolecular Hbond substituents is 1. The molecule has 1 aliphatic rings. The first kappa shape index (κ1) is 15.8. The molecule has 1 saturated heterocycles. The Morgan fingerprint density at radius 2 is 2.00 bits per heavy atom. The van der Waals surface area contributed by atoms with Crippen LogP contribution in [0.15, 0.2) is 41.0 Å². The van der Waals surface area contributed by atoms with Crippen molar-refractivity contribution in [2.24, 2.45) is 0 Å². The maximum atomic E-state index is 13.5. The van der Waals surface area contributed by atoms with Crippen LogP contribution in [-0.2, 0) is 0 Å². The number of aromatic hydroxyl groups is 1. The lowest BCUT2D eigenvalue weighted by molar-refractivity contribution is 0.177. The Morgan fingerprint density at radius 1 is 1.24 bits per heavy atom. The minimum absolute atomic E-state index is 0. The second-order valence-corrected chi connectivity index (χ2v) is 4.91. The molecule has 21 heavy (non-hydrogen) atoms. The third-order valence-corrected chi connectivity index (χ3v) is 3.61. The predicted molar refractivity (Wildman–Crippen MR) is 80.3 cm³/mol. The van der Waals surface area contributed by atoms with Gasteiger partial charge < -0.3 is 14.8 Å². The van der Waals surface area contributed by atoms with E-state index in [1.165, 1.54) is 18.2 Å². The van der Waals surface area contributed by atoms with E-state index in [2.05, 4.69) is 10.2 Å². The molecule has 1 fully saturated rings. The molecule has 2 N–H and O–H groups in total. The van der Waals surface area contributed by atoms with Crippen molar-refractivity contribution >= 4 is 12.4 Å². The zero-order valence-corrected chi connectivity index (χ0v) is 12.3. The maximum Gasteiger partial charge on any atom is 0.125 e. The lowest BCUT2D eigenvalue weighted by Crippen LogP contribution is -2.45. The van der Waals surface area contributed by atoms with E-state index in [9.17, 15) is 9.50 Å². The molecule has 0 bridgehead atoms. The van der Waals surface area contributed by atoms with Crippen molar-refractivity contribution in [1.82, 2.24) is 10.2 Å². The molecule has 6 heteroatoms. The highest BCUT2D eigenvalue weighted by Crippen LogP contribution is 2.35. The fourth-order valence-corrected chi connectivity index (χ4v) is 2.66. The van der Waals surface area contributed by atoms with E-state index in [1.807, 2.05) is 6.07 Å². The van der Waals surface area contributed by atoms with Crippen molar-refractivity contribution in [3.63, 3.8) is 0 Å². The monoisotopic (exact) mass is 312 g/mol. The summed E-state index contributed by atoms with van der Waals surface area (Å²) in [5, 5.41) is 13.4. The lowest BCUT2D eigenvalue weighted by atomic mass is 10.0. The molecule has 0 spiro atoms. The number of nitrogens with one attached hydrogen (secondary N) is 1. The molecule has 4 nitrogen and oxygen atoms in total. The van der Waals surface area contributed by atoms with Gasteiger partial charge in [0.15, 0.2) is 0 Å². The van der Waals surface area contributed by atoms with Gasteiger partial charge in [-0.05, 0) is 30.3 Å². The molecular weight excluding hydrogens is 295 g/mol. The molecule has 1 aliphatic heterocycles. The summed E-state index contributed by atoms with van der Waals surface area (Å²) >= 11 is 0. The zero-order valence-electron chi connectivity index (χ0n) is 11.5. The van der Waals surface area contributed by atoms with Crippen LogP contribution in [0.25, 0.3) is 0 Å². The number of hydrogen-bond donors (Lipinski definition) is 2. The first-order valence-corrected chi connectivity index (χ1v) is 6.72. The minimum Gasteiger partial charge on any atom is -0.508 e. The molecule has 2 aromatic rings. The second-order valence-electron chi connectivity index (χ2n) is 4.91. The van der Waals surface area contributed by atoms with Crippen molar-refractivity contribution in [2.45, 2.75) is 6.04 Å². The molecule has 0 saturated carbocycles. The Labute approximate surface area is 129 Å². The predicted octanol–water partition coefficient (Wildman–Crippen LogP) is 2.54. The van der Waals surface area contributed by atoms with Gasteiger partial charge in [-0.3, -0.25) is 4.90 Å². The third kappa shape index (κ3) is 3.37. The van der Waals surface area contributed by atoms with Gasteiger partial charge in [0, 0.05) is 31.7 Å². The highest BCUT2D eigenvalue weighted by molar-refractivity contribution is 5.85. The summed E-state index contributed by atoms with van der Waals surface area (Å²) in [6.45, 7) is 3.38. The normalized spacial score (nSPS) is 17.2. The van der Waals surface area contributed by atoms with Crippen LogP contribution in [0.2, 0.25) is 0 Å². The number of hydrogen-bond acceptors (Lipinski definition) is 4. The molecule has 1 atom stereocenters. The number of benzene rings is 1. The Bertz CT molecular complexity index is 571. The molecule has 0 aliphatic carbocycles. The fraction of sp³-hybridized carbons (Fsp3) is 0.333. The van der Waals surface area contributed by atoms with E-state index in [-0.39, 0.29) is 30.0 Å². The van der Waals surface area contributed by atoms with Gasteiger partial charge >= 0.3 is 0 Å². The maximum absolute atomic E-state index is 13.5. The summed E-state index contributed by atoms with van der Waals surface area (Å²) in [6.07, 6.45) is 1.60. The third-order valence-electron chi connectivity index (χ3n) is 3.61. The highest BCUT2D eigenvalue weighted by Gasteiger charge is 2.28. The number of nitrogens with zero attached hydrogens (tertiary/aromatic N) is 1. The molecule has 0 unspecified atom stereocenters. The standard InChI is InChI=1S/C15H17FN2O2.ClH/c16-11-3-4-13(19)12(10-11)15(14-2-1-9-20-14)18-7-5-17-6-8-18;/h1-4,9-10,15,17,19H,5-8H2;1H/t15-;/m0./s1. The van der Waals surface area contributed by atoms with E-state index in [4.69, 9.17) is 4.42 Å². The van der Waals surface area contributed by atoms with Crippen LogP contribution in [0.1, 0.15) is 17.4 Å². The van der Waals surface area contributed by atoms with Crippen LogP contribution in [0.3, 0.4) is 0 Å². The van der Waals surface area contributed by atoms with Gasteiger partial charge in [-0.2, -0.15) is 0 Å². The van der Waals surface area contributed by atoms with Crippen LogP contribution in [0.5, 0.6) is 5.75 Å². The van der Waals surface area contributed by atoms with Gasteiger partial charge in [-0.15, -0.1) is 12.4 Å². The first-order valence-electron chi connectivity index (χ1n) is 6.72. The lowest BCUT2D eigenvalue weighted by Gasteiger charge is -2.34. The van der Waals surface area contributed by atoms with Gasteiger partial charge in [-0.1, -0.05) is 0 Å². The number of phenols is 1. The topological polar surface area (TPSA) is 48.6 Å². The second kappa shape index (κ2) is 6.93. The van der Waals surface area contributed by atoms with Crippen molar-refractivity contribution < 1.29 is 13.9 Å². The van der Waals surface area contributed by atoms with E-state index < -0.39 is 0 Å². The minimum atomic E-state index is -0.357. The molecule has 2 heterocycles. The fourth-order valence-electron chi connectivity index (χ4n) is 2.66. The van der Waals surface area contributed by atoms with Crippen LogP contribution in [-0.4, -0.2) is 36.2 Å². The summed E-state index contributed by atoms with van der Waals surface area (Å²) in [5.41, 5.74) is 0.543. The van der Waals surface area contributed by atoms with Crippen molar-refractivity contribution in [3.8, 4) is 5.75 Å².